The maximum absolute atomic E-state index is 5.37. The lowest BCUT2D eigenvalue weighted by molar-refractivity contribution is 0.358. The van der Waals surface area contributed by atoms with E-state index in [9.17, 15) is 0 Å². The van der Waals surface area contributed by atoms with Gasteiger partial charge in [-0.25, -0.2) is 0 Å². The van der Waals surface area contributed by atoms with Gasteiger partial charge in [-0.05, 0) is 38.0 Å². The molecule has 5 nitrogen and oxygen atoms in total. The van der Waals surface area contributed by atoms with Gasteiger partial charge in [-0.15, -0.1) is 0 Å². The highest BCUT2D eigenvalue weighted by molar-refractivity contribution is 5.64. The lowest BCUT2D eigenvalue weighted by Gasteiger charge is -2.07. The summed E-state index contributed by atoms with van der Waals surface area (Å²) in [6.45, 7) is 6.86. The third-order valence-electron chi connectivity index (χ3n) is 3.28. The van der Waals surface area contributed by atoms with Gasteiger partial charge in [0.25, 0.3) is 0 Å². The predicted molar refractivity (Wildman–Crippen MR) is 77.6 cm³/mol. The Balaban J connectivity index is 2.16. The van der Waals surface area contributed by atoms with Crippen LogP contribution in [0.4, 0.5) is 0 Å². The third-order valence-corrected chi connectivity index (χ3v) is 3.28. The summed E-state index contributed by atoms with van der Waals surface area (Å²) in [6.07, 6.45) is 1.06. The molecule has 0 bridgehead atoms. The lowest BCUT2D eigenvalue weighted by Crippen LogP contribution is -2.24. The zero-order chi connectivity index (χ0) is 14.5. The first-order valence-corrected chi connectivity index (χ1v) is 6.85. The van der Waals surface area contributed by atoms with Crippen LogP contribution in [0.5, 0.6) is 5.75 Å². The van der Waals surface area contributed by atoms with E-state index in [2.05, 4.69) is 29.3 Å². The van der Waals surface area contributed by atoms with Gasteiger partial charge in [0.2, 0.25) is 11.7 Å². The quantitative estimate of drug-likeness (QED) is 0.878. The molecule has 1 atom stereocenters. The van der Waals surface area contributed by atoms with Crippen molar-refractivity contribution in [1.82, 2.24) is 15.5 Å². The van der Waals surface area contributed by atoms with Gasteiger partial charge in [-0.2, -0.15) is 4.98 Å². The van der Waals surface area contributed by atoms with Crippen LogP contribution in [-0.4, -0.2) is 23.3 Å². The fourth-order valence-electron chi connectivity index (χ4n) is 1.83. The van der Waals surface area contributed by atoms with Gasteiger partial charge >= 0.3 is 0 Å². The molecule has 108 valence electrons. The molecule has 1 aromatic carbocycles. The average molecular weight is 275 g/mol. The van der Waals surface area contributed by atoms with E-state index in [1.807, 2.05) is 25.1 Å². The Bertz CT molecular complexity index is 566. The number of rotatable bonds is 6. The van der Waals surface area contributed by atoms with Crippen LogP contribution in [0.3, 0.4) is 0 Å². The molecule has 0 aliphatic heterocycles. The number of benzene rings is 1. The monoisotopic (exact) mass is 275 g/mol. The molecule has 0 aliphatic rings. The molecule has 1 unspecified atom stereocenters. The molecule has 0 amide bonds. The lowest BCUT2D eigenvalue weighted by atomic mass is 10.1. The zero-order valence-corrected chi connectivity index (χ0v) is 12.4. The summed E-state index contributed by atoms with van der Waals surface area (Å²) in [4.78, 5) is 4.40. The van der Waals surface area contributed by atoms with Crippen molar-refractivity contribution in [3.8, 4) is 17.1 Å². The normalized spacial score (nSPS) is 12.4. The number of hydrogen-bond acceptors (Lipinski definition) is 5. The maximum atomic E-state index is 5.37. The minimum Gasteiger partial charge on any atom is -0.496 e. The van der Waals surface area contributed by atoms with E-state index in [1.54, 1.807) is 7.11 Å². The number of aryl methyl sites for hydroxylation is 1. The third kappa shape index (κ3) is 3.36. The van der Waals surface area contributed by atoms with E-state index in [0.29, 0.717) is 24.3 Å². The van der Waals surface area contributed by atoms with Crippen molar-refractivity contribution >= 4 is 0 Å². The van der Waals surface area contributed by atoms with Crippen LogP contribution in [0.15, 0.2) is 22.7 Å². The van der Waals surface area contributed by atoms with E-state index in [1.165, 1.54) is 0 Å². The van der Waals surface area contributed by atoms with Crippen LogP contribution in [0, 0.1) is 6.92 Å². The van der Waals surface area contributed by atoms with Crippen molar-refractivity contribution in [2.24, 2.45) is 0 Å². The van der Waals surface area contributed by atoms with Crippen LogP contribution in [-0.2, 0) is 6.54 Å². The smallest absolute Gasteiger partial charge is 0.240 e. The summed E-state index contributed by atoms with van der Waals surface area (Å²) in [6, 6.07) is 6.35. The molecule has 0 radical (unpaired) electrons. The number of nitrogens with one attached hydrogen (secondary N) is 1. The Labute approximate surface area is 119 Å². The van der Waals surface area contributed by atoms with Gasteiger partial charge in [0, 0.05) is 6.04 Å². The number of methoxy groups -OCH3 is 1. The highest BCUT2D eigenvalue weighted by Crippen LogP contribution is 2.28. The molecular formula is C15H21N3O2. The molecule has 1 heterocycles. The molecule has 0 fully saturated rings. The first kappa shape index (κ1) is 14.5. The molecule has 1 N–H and O–H groups in total. The fourth-order valence-corrected chi connectivity index (χ4v) is 1.83. The van der Waals surface area contributed by atoms with Crippen LogP contribution in [0.2, 0.25) is 0 Å². The number of hydrogen-bond donors (Lipinski definition) is 1. The van der Waals surface area contributed by atoms with Crippen molar-refractivity contribution in [3.05, 3.63) is 29.7 Å². The van der Waals surface area contributed by atoms with Crippen molar-refractivity contribution < 1.29 is 9.26 Å². The Kier molecular flexibility index (Phi) is 4.74. The second kappa shape index (κ2) is 6.52. The number of aromatic nitrogens is 2. The Hall–Kier alpha value is -1.88. The van der Waals surface area contributed by atoms with E-state index in [-0.39, 0.29) is 0 Å². The van der Waals surface area contributed by atoms with Crippen molar-refractivity contribution in [1.29, 1.82) is 0 Å². The molecule has 1 aromatic heterocycles. The fraction of sp³-hybridized carbons (Fsp3) is 0.467. The summed E-state index contributed by atoms with van der Waals surface area (Å²) < 4.78 is 10.6. The predicted octanol–water partition coefficient (Wildman–Crippen LogP) is 2.94. The van der Waals surface area contributed by atoms with Gasteiger partial charge in [-0.3, -0.25) is 0 Å². The van der Waals surface area contributed by atoms with Crippen LogP contribution in [0.25, 0.3) is 11.4 Å². The minimum atomic E-state index is 0.430. The van der Waals surface area contributed by atoms with Crippen LogP contribution < -0.4 is 10.1 Å². The summed E-state index contributed by atoms with van der Waals surface area (Å²) in [7, 11) is 1.64. The second-order valence-corrected chi connectivity index (χ2v) is 4.91. The standard InChI is InChI=1S/C15H21N3O2/c1-5-11(3)16-9-14-17-15(18-20-14)12-7-6-10(2)8-13(12)19-4/h6-8,11,16H,5,9H2,1-4H3. The Morgan fingerprint density at radius 3 is 2.90 bits per heavy atom. The van der Waals surface area contributed by atoms with Crippen LogP contribution in [0.1, 0.15) is 31.7 Å². The Morgan fingerprint density at radius 2 is 2.20 bits per heavy atom. The van der Waals surface area contributed by atoms with E-state index < -0.39 is 0 Å². The van der Waals surface area contributed by atoms with E-state index >= 15 is 0 Å². The molecule has 0 aliphatic carbocycles. The number of ether oxygens (including phenoxy) is 1. The molecule has 0 spiro atoms. The molecule has 2 rings (SSSR count). The van der Waals surface area contributed by atoms with Gasteiger partial charge in [0.05, 0.1) is 19.2 Å². The SMILES string of the molecule is CCC(C)NCc1nc(-c2ccc(C)cc2OC)no1. The van der Waals surface area contributed by atoms with Crippen molar-refractivity contribution in [3.63, 3.8) is 0 Å². The molecule has 5 heteroatoms. The summed E-state index contributed by atoms with van der Waals surface area (Å²) in [5.74, 6) is 1.90. The zero-order valence-electron chi connectivity index (χ0n) is 12.4. The van der Waals surface area contributed by atoms with Gasteiger partial charge in [0.15, 0.2) is 0 Å². The topological polar surface area (TPSA) is 60.2 Å². The van der Waals surface area contributed by atoms with E-state index in [0.717, 1.165) is 23.3 Å². The van der Waals surface area contributed by atoms with Gasteiger partial charge < -0.3 is 14.6 Å². The van der Waals surface area contributed by atoms with E-state index in [4.69, 9.17) is 9.26 Å². The van der Waals surface area contributed by atoms with Gasteiger partial charge in [-0.1, -0.05) is 18.1 Å². The van der Waals surface area contributed by atoms with Crippen molar-refractivity contribution in [2.45, 2.75) is 39.8 Å². The minimum absolute atomic E-state index is 0.430. The van der Waals surface area contributed by atoms with Crippen molar-refractivity contribution in [2.75, 3.05) is 7.11 Å². The summed E-state index contributed by atoms with van der Waals surface area (Å²) >= 11 is 0. The largest absolute Gasteiger partial charge is 0.496 e. The number of nitrogens with zero attached hydrogens (tertiary/aromatic N) is 2. The summed E-state index contributed by atoms with van der Waals surface area (Å²) in [5, 5.41) is 7.35. The first-order valence-electron chi connectivity index (χ1n) is 6.85. The molecular weight excluding hydrogens is 254 g/mol. The second-order valence-electron chi connectivity index (χ2n) is 4.91. The highest BCUT2D eigenvalue weighted by Gasteiger charge is 2.13. The highest BCUT2D eigenvalue weighted by atomic mass is 16.5. The molecule has 0 saturated heterocycles. The molecule has 2 aromatic rings. The molecule has 0 saturated carbocycles. The maximum Gasteiger partial charge on any atom is 0.240 e. The first-order chi connectivity index (χ1) is 9.63. The van der Waals surface area contributed by atoms with Gasteiger partial charge in [0.1, 0.15) is 5.75 Å². The average Bonchev–Trinajstić information content (AvgIpc) is 2.93. The molecule has 20 heavy (non-hydrogen) atoms. The summed E-state index contributed by atoms with van der Waals surface area (Å²) in [5.41, 5.74) is 1.98. The van der Waals surface area contributed by atoms with Crippen LogP contribution >= 0.6 is 0 Å². The Morgan fingerprint density at radius 1 is 1.40 bits per heavy atom.